The Balaban J connectivity index is 1.81. The zero-order valence-electron chi connectivity index (χ0n) is 15.8. The lowest BCUT2D eigenvalue weighted by Crippen LogP contribution is -2.16. The Morgan fingerprint density at radius 3 is 2.22 bits per heavy atom. The van der Waals surface area contributed by atoms with Crippen molar-refractivity contribution in [2.75, 3.05) is 11.9 Å². The van der Waals surface area contributed by atoms with Crippen LogP contribution in [0.25, 0.3) is 0 Å². The van der Waals surface area contributed by atoms with Crippen molar-refractivity contribution in [1.82, 2.24) is 0 Å². The lowest BCUT2D eigenvalue weighted by Gasteiger charge is -2.20. The van der Waals surface area contributed by atoms with Crippen LogP contribution in [-0.4, -0.2) is 12.4 Å². The molecule has 3 aromatic rings. The fourth-order valence-electron chi connectivity index (χ4n) is 2.99. The van der Waals surface area contributed by atoms with Gasteiger partial charge in [0, 0.05) is 17.7 Å². The average Bonchev–Trinajstić information content (AvgIpc) is 2.70. The molecule has 1 unspecified atom stereocenters. The molecule has 0 saturated heterocycles. The first-order valence-electron chi connectivity index (χ1n) is 9.30. The van der Waals surface area contributed by atoms with Gasteiger partial charge in [0.25, 0.3) is 0 Å². The molecule has 0 saturated carbocycles. The molecule has 3 aromatic carbocycles. The number of nitrogens with one attached hydrogen (secondary N) is 1. The van der Waals surface area contributed by atoms with Gasteiger partial charge in [-0.15, -0.1) is 0 Å². The second-order valence-corrected chi connectivity index (χ2v) is 6.56. The summed E-state index contributed by atoms with van der Waals surface area (Å²) in [5.41, 5.74) is 4.00. The van der Waals surface area contributed by atoms with Crippen LogP contribution in [0.5, 0.6) is 5.75 Å². The quantitative estimate of drug-likeness (QED) is 0.515. The number of anilines is 1. The minimum atomic E-state index is -0.101. The molecular weight excluding hydrogens is 334 g/mol. The Kier molecular flexibility index (Phi) is 6.26. The van der Waals surface area contributed by atoms with Crippen molar-refractivity contribution in [2.45, 2.75) is 26.3 Å². The normalized spacial score (nSPS) is 11.6. The monoisotopic (exact) mass is 359 g/mol. The van der Waals surface area contributed by atoms with E-state index in [-0.39, 0.29) is 11.8 Å². The highest BCUT2D eigenvalue weighted by Gasteiger charge is 2.17. The molecule has 0 aliphatic carbocycles. The second-order valence-electron chi connectivity index (χ2n) is 6.56. The number of benzene rings is 3. The highest BCUT2D eigenvalue weighted by atomic mass is 16.5. The van der Waals surface area contributed by atoms with Crippen molar-refractivity contribution in [1.29, 1.82) is 0 Å². The molecule has 0 aromatic heterocycles. The zero-order chi connectivity index (χ0) is 19.1. The molecule has 3 rings (SSSR count). The molecule has 1 N–H and O–H groups in total. The van der Waals surface area contributed by atoms with Gasteiger partial charge in [-0.25, -0.2) is 0 Å². The van der Waals surface area contributed by atoms with Crippen molar-refractivity contribution >= 4 is 11.5 Å². The summed E-state index contributed by atoms with van der Waals surface area (Å²) in [7, 11) is 0. The Hall–Kier alpha value is -3.07. The Morgan fingerprint density at radius 1 is 0.926 bits per heavy atom. The van der Waals surface area contributed by atoms with Crippen LogP contribution < -0.4 is 10.1 Å². The van der Waals surface area contributed by atoms with E-state index in [1.807, 2.05) is 61.5 Å². The number of Topliss-reactive ketones (excluding diaryl/α,β-unsaturated/α-hetero) is 1. The summed E-state index contributed by atoms with van der Waals surface area (Å²) in [5, 5.41) is 3.51. The third-order valence-corrected chi connectivity index (χ3v) is 4.47. The molecule has 0 spiro atoms. The molecule has 3 nitrogen and oxygen atoms in total. The lowest BCUT2D eigenvalue weighted by molar-refractivity contribution is 0.0976. The Labute approximate surface area is 161 Å². The summed E-state index contributed by atoms with van der Waals surface area (Å²) >= 11 is 0. The van der Waals surface area contributed by atoms with Gasteiger partial charge in [-0.2, -0.15) is 0 Å². The number of ketones is 1. The molecule has 1 atom stereocenters. The van der Waals surface area contributed by atoms with Gasteiger partial charge < -0.3 is 10.1 Å². The largest absolute Gasteiger partial charge is 0.494 e. The maximum atomic E-state index is 12.8. The minimum absolute atomic E-state index is 0.101. The summed E-state index contributed by atoms with van der Waals surface area (Å²) in [6, 6.07) is 25.5. The van der Waals surface area contributed by atoms with E-state index >= 15 is 0 Å². The molecule has 0 radical (unpaired) electrons. The molecule has 3 heteroatoms. The van der Waals surface area contributed by atoms with E-state index in [4.69, 9.17) is 4.74 Å². The van der Waals surface area contributed by atoms with Gasteiger partial charge in [0.15, 0.2) is 5.78 Å². The van der Waals surface area contributed by atoms with Gasteiger partial charge in [0.1, 0.15) is 5.75 Å². The predicted octanol–water partition coefficient (Wildman–Crippen LogP) is 5.82. The van der Waals surface area contributed by atoms with Crippen molar-refractivity contribution in [3.63, 3.8) is 0 Å². The number of aryl methyl sites for hydroxylation is 1. The van der Waals surface area contributed by atoms with Crippen molar-refractivity contribution in [3.8, 4) is 5.75 Å². The number of hydrogen-bond donors (Lipinski definition) is 1. The third-order valence-electron chi connectivity index (χ3n) is 4.47. The SMILES string of the molecule is CCOc1ccc(NC(CC(=O)c2ccccc2)c2ccc(C)cc2)cc1. The zero-order valence-corrected chi connectivity index (χ0v) is 15.8. The van der Waals surface area contributed by atoms with Gasteiger partial charge in [-0.05, 0) is 43.7 Å². The van der Waals surface area contributed by atoms with Crippen LogP contribution in [0.15, 0.2) is 78.9 Å². The van der Waals surface area contributed by atoms with Crippen LogP contribution in [0.2, 0.25) is 0 Å². The summed E-state index contributed by atoms with van der Waals surface area (Å²) in [6.45, 7) is 4.67. The molecule has 138 valence electrons. The summed E-state index contributed by atoms with van der Waals surface area (Å²) in [4.78, 5) is 12.8. The van der Waals surface area contributed by atoms with E-state index < -0.39 is 0 Å². The summed E-state index contributed by atoms with van der Waals surface area (Å²) < 4.78 is 5.50. The summed E-state index contributed by atoms with van der Waals surface area (Å²) in [5.74, 6) is 0.968. The topological polar surface area (TPSA) is 38.3 Å². The number of carbonyl (C=O) groups is 1. The lowest BCUT2D eigenvalue weighted by atomic mass is 9.97. The van der Waals surface area contributed by atoms with Gasteiger partial charge >= 0.3 is 0 Å². The Bertz CT molecular complexity index is 855. The molecule has 0 amide bonds. The van der Waals surface area contributed by atoms with E-state index in [0.29, 0.717) is 13.0 Å². The van der Waals surface area contributed by atoms with Crippen LogP contribution >= 0.6 is 0 Å². The number of carbonyl (C=O) groups excluding carboxylic acids is 1. The average molecular weight is 359 g/mol. The van der Waals surface area contributed by atoms with Gasteiger partial charge in [-0.3, -0.25) is 4.79 Å². The highest BCUT2D eigenvalue weighted by molar-refractivity contribution is 5.96. The number of hydrogen-bond acceptors (Lipinski definition) is 3. The molecule has 0 heterocycles. The van der Waals surface area contributed by atoms with E-state index in [9.17, 15) is 4.79 Å². The standard InChI is InChI=1S/C24H25NO2/c1-3-27-22-15-13-21(14-16-22)25-23(19-11-9-18(2)10-12-19)17-24(26)20-7-5-4-6-8-20/h4-16,23,25H,3,17H2,1-2H3. The molecule has 0 aliphatic rings. The molecule has 27 heavy (non-hydrogen) atoms. The van der Waals surface area contributed by atoms with Gasteiger partial charge in [0.05, 0.1) is 12.6 Å². The maximum absolute atomic E-state index is 12.8. The first-order valence-corrected chi connectivity index (χ1v) is 9.30. The maximum Gasteiger partial charge on any atom is 0.165 e. The van der Waals surface area contributed by atoms with Crippen LogP contribution in [0.4, 0.5) is 5.69 Å². The van der Waals surface area contributed by atoms with E-state index in [1.165, 1.54) is 5.56 Å². The van der Waals surface area contributed by atoms with Gasteiger partial charge in [0.2, 0.25) is 0 Å². The Morgan fingerprint density at radius 2 is 1.59 bits per heavy atom. The fraction of sp³-hybridized carbons (Fsp3) is 0.208. The van der Waals surface area contributed by atoms with E-state index in [0.717, 1.165) is 22.6 Å². The van der Waals surface area contributed by atoms with Gasteiger partial charge in [-0.1, -0.05) is 60.2 Å². The molecule has 0 bridgehead atoms. The second kappa shape index (κ2) is 9.04. The van der Waals surface area contributed by atoms with Crippen LogP contribution in [0, 0.1) is 6.92 Å². The highest BCUT2D eigenvalue weighted by Crippen LogP contribution is 2.26. The van der Waals surface area contributed by atoms with Crippen molar-refractivity contribution in [2.24, 2.45) is 0 Å². The molecule has 0 fully saturated rings. The van der Waals surface area contributed by atoms with Crippen LogP contribution in [-0.2, 0) is 0 Å². The first-order chi connectivity index (χ1) is 13.2. The predicted molar refractivity (Wildman–Crippen MR) is 111 cm³/mol. The number of ether oxygens (including phenoxy) is 1. The molecular formula is C24H25NO2. The minimum Gasteiger partial charge on any atom is -0.494 e. The van der Waals surface area contributed by atoms with E-state index in [2.05, 4.69) is 36.5 Å². The van der Waals surface area contributed by atoms with E-state index in [1.54, 1.807) is 0 Å². The third kappa shape index (κ3) is 5.20. The summed E-state index contributed by atoms with van der Waals surface area (Å²) in [6.07, 6.45) is 0.389. The van der Waals surface area contributed by atoms with Crippen molar-refractivity contribution in [3.05, 3.63) is 95.6 Å². The smallest absolute Gasteiger partial charge is 0.165 e. The fourth-order valence-corrected chi connectivity index (χ4v) is 2.99. The first kappa shape index (κ1) is 18.7. The van der Waals surface area contributed by atoms with Crippen molar-refractivity contribution < 1.29 is 9.53 Å². The number of rotatable bonds is 8. The molecule has 0 aliphatic heterocycles. The van der Waals surface area contributed by atoms with Crippen LogP contribution in [0.1, 0.15) is 40.9 Å². The van der Waals surface area contributed by atoms with Crippen LogP contribution in [0.3, 0.4) is 0 Å².